The molecule has 1 fully saturated rings. The SMILES string of the molecule is Cc1ccc(Cl)cc1N=C1NC(=O)/C(=C/c2c(C)n(Cc3ccc(F)cc3)c3ccccc23)S1. The minimum Gasteiger partial charge on any atom is -0.340 e. The zero-order valence-corrected chi connectivity index (χ0v) is 20.2. The molecule has 0 radical (unpaired) electrons. The quantitative estimate of drug-likeness (QED) is 0.314. The van der Waals surface area contributed by atoms with E-state index in [0.717, 1.165) is 39.0 Å². The van der Waals surface area contributed by atoms with Gasteiger partial charge in [-0.15, -0.1) is 0 Å². The number of benzene rings is 3. The second kappa shape index (κ2) is 9.12. The molecule has 2 heterocycles. The van der Waals surface area contributed by atoms with Gasteiger partial charge in [-0.2, -0.15) is 0 Å². The van der Waals surface area contributed by atoms with Crippen molar-refractivity contribution < 1.29 is 9.18 Å². The zero-order valence-electron chi connectivity index (χ0n) is 18.6. The molecule has 0 spiro atoms. The smallest absolute Gasteiger partial charge is 0.264 e. The van der Waals surface area contributed by atoms with Crippen molar-refractivity contribution in [3.05, 3.63) is 105 Å². The van der Waals surface area contributed by atoms with Crippen LogP contribution in [0.15, 0.2) is 76.6 Å². The standard InChI is InChI=1S/C27H21ClFN3OS/c1-16-7-10-19(28)13-23(16)30-27-31-26(33)25(34-27)14-22-17(2)32(24-6-4-3-5-21(22)24)15-18-8-11-20(29)12-9-18/h3-14H,15H2,1-2H3,(H,30,31,33)/b25-14-. The van der Waals surface area contributed by atoms with E-state index >= 15 is 0 Å². The van der Waals surface area contributed by atoms with E-state index < -0.39 is 0 Å². The first kappa shape index (κ1) is 22.4. The van der Waals surface area contributed by atoms with Crippen LogP contribution < -0.4 is 5.32 Å². The van der Waals surface area contributed by atoms with Gasteiger partial charge in [0.15, 0.2) is 5.17 Å². The number of halogens is 2. The molecule has 0 unspecified atom stereocenters. The molecule has 0 aliphatic carbocycles. The van der Waals surface area contributed by atoms with Gasteiger partial charge in [0.2, 0.25) is 0 Å². The summed E-state index contributed by atoms with van der Waals surface area (Å²) in [6.45, 7) is 4.60. The normalized spacial score (nSPS) is 16.1. The summed E-state index contributed by atoms with van der Waals surface area (Å²) in [5.41, 5.74) is 5.78. The summed E-state index contributed by atoms with van der Waals surface area (Å²) in [5.74, 6) is -0.434. The van der Waals surface area contributed by atoms with E-state index in [1.807, 2.05) is 44.2 Å². The molecule has 1 aliphatic heterocycles. The summed E-state index contributed by atoms with van der Waals surface area (Å²) in [5, 5.41) is 5.03. The molecule has 0 bridgehead atoms. The third-order valence-electron chi connectivity index (χ3n) is 5.85. The van der Waals surface area contributed by atoms with Gasteiger partial charge in [0.1, 0.15) is 5.82 Å². The largest absolute Gasteiger partial charge is 0.340 e. The lowest BCUT2D eigenvalue weighted by atomic mass is 10.1. The Kier molecular flexibility index (Phi) is 6.02. The highest BCUT2D eigenvalue weighted by atomic mass is 35.5. The van der Waals surface area contributed by atoms with E-state index in [4.69, 9.17) is 11.6 Å². The van der Waals surface area contributed by atoms with Gasteiger partial charge in [0.25, 0.3) is 5.91 Å². The number of fused-ring (bicyclic) bond motifs is 1. The highest BCUT2D eigenvalue weighted by Crippen LogP contribution is 2.34. The van der Waals surface area contributed by atoms with Gasteiger partial charge in [-0.3, -0.25) is 4.79 Å². The van der Waals surface area contributed by atoms with Crippen LogP contribution in [0.3, 0.4) is 0 Å². The van der Waals surface area contributed by atoms with Crippen LogP contribution >= 0.6 is 23.4 Å². The van der Waals surface area contributed by atoms with Crippen molar-refractivity contribution in [1.29, 1.82) is 0 Å². The Labute approximate surface area is 206 Å². The van der Waals surface area contributed by atoms with E-state index in [-0.39, 0.29) is 11.7 Å². The molecule has 4 nitrogen and oxygen atoms in total. The maximum atomic E-state index is 13.4. The van der Waals surface area contributed by atoms with Crippen molar-refractivity contribution in [3.8, 4) is 0 Å². The highest BCUT2D eigenvalue weighted by molar-refractivity contribution is 8.18. The number of amides is 1. The molecule has 4 aromatic rings. The van der Waals surface area contributed by atoms with E-state index in [9.17, 15) is 9.18 Å². The van der Waals surface area contributed by atoms with Crippen LogP contribution in [-0.2, 0) is 11.3 Å². The van der Waals surface area contributed by atoms with Gasteiger partial charge in [-0.05, 0) is 73.1 Å². The van der Waals surface area contributed by atoms with E-state index in [1.54, 1.807) is 18.2 Å². The molecule has 1 amide bonds. The van der Waals surface area contributed by atoms with Gasteiger partial charge >= 0.3 is 0 Å². The summed E-state index contributed by atoms with van der Waals surface area (Å²) >= 11 is 7.42. The Morgan fingerprint density at radius 2 is 1.85 bits per heavy atom. The molecule has 1 aromatic heterocycles. The first-order chi connectivity index (χ1) is 16.4. The Morgan fingerprint density at radius 3 is 2.65 bits per heavy atom. The second-order valence-electron chi connectivity index (χ2n) is 8.14. The Balaban J connectivity index is 1.52. The van der Waals surface area contributed by atoms with Crippen LogP contribution in [0.5, 0.6) is 0 Å². The van der Waals surface area contributed by atoms with Gasteiger partial charge in [-0.25, -0.2) is 9.38 Å². The maximum Gasteiger partial charge on any atom is 0.264 e. The van der Waals surface area contributed by atoms with E-state index in [2.05, 4.69) is 27.0 Å². The van der Waals surface area contributed by atoms with Gasteiger partial charge < -0.3 is 9.88 Å². The number of para-hydroxylation sites is 1. The number of aliphatic imine (C=N–C) groups is 1. The second-order valence-corrected chi connectivity index (χ2v) is 9.61. The number of hydrogen-bond acceptors (Lipinski definition) is 3. The van der Waals surface area contributed by atoms with Crippen LogP contribution in [0.4, 0.5) is 10.1 Å². The molecule has 7 heteroatoms. The topological polar surface area (TPSA) is 46.4 Å². The molecule has 34 heavy (non-hydrogen) atoms. The van der Waals surface area contributed by atoms with Crippen LogP contribution in [-0.4, -0.2) is 15.6 Å². The zero-order chi connectivity index (χ0) is 23.8. The number of aryl methyl sites for hydroxylation is 1. The van der Waals surface area contributed by atoms with E-state index in [0.29, 0.717) is 21.6 Å². The minimum absolute atomic E-state index is 0.182. The third-order valence-corrected chi connectivity index (χ3v) is 7.00. The minimum atomic E-state index is -0.252. The van der Waals surface area contributed by atoms with Crippen molar-refractivity contribution in [1.82, 2.24) is 9.88 Å². The molecule has 170 valence electrons. The number of amidine groups is 1. The molecule has 1 aliphatic rings. The summed E-state index contributed by atoms with van der Waals surface area (Å²) in [6, 6.07) is 20.1. The number of hydrogen-bond donors (Lipinski definition) is 1. The van der Waals surface area contributed by atoms with Crippen molar-refractivity contribution >= 4 is 57.1 Å². The van der Waals surface area contributed by atoms with Crippen LogP contribution in [0.2, 0.25) is 5.02 Å². The van der Waals surface area contributed by atoms with Crippen molar-refractivity contribution in [2.45, 2.75) is 20.4 Å². The predicted octanol–water partition coefficient (Wildman–Crippen LogP) is 6.99. The molecule has 0 saturated carbocycles. The Morgan fingerprint density at radius 1 is 1.09 bits per heavy atom. The molecule has 1 saturated heterocycles. The number of carbonyl (C=O) groups is 1. The predicted molar refractivity (Wildman–Crippen MR) is 139 cm³/mol. The fourth-order valence-electron chi connectivity index (χ4n) is 4.04. The van der Waals surface area contributed by atoms with Crippen molar-refractivity contribution in [2.75, 3.05) is 0 Å². The summed E-state index contributed by atoms with van der Waals surface area (Å²) in [7, 11) is 0. The fourth-order valence-corrected chi connectivity index (χ4v) is 5.02. The molecule has 0 atom stereocenters. The molecular weight excluding hydrogens is 469 g/mol. The number of rotatable bonds is 4. The number of aromatic nitrogens is 1. The summed E-state index contributed by atoms with van der Waals surface area (Å²) in [4.78, 5) is 17.9. The van der Waals surface area contributed by atoms with Crippen LogP contribution in [0, 0.1) is 19.7 Å². The van der Waals surface area contributed by atoms with Gasteiger partial charge in [0.05, 0.1) is 10.6 Å². The molecule has 5 rings (SSSR count). The lowest BCUT2D eigenvalue weighted by Gasteiger charge is -2.09. The Hall–Kier alpha value is -3.35. The summed E-state index contributed by atoms with van der Waals surface area (Å²) < 4.78 is 15.6. The number of nitrogens with zero attached hydrogens (tertiary/aromatic N) is 2. The fraction of sp³-hybridized carbons (Fsp3) is 0.111. The molecule has 3 aromatic carbocycles. The average Bonchev–Trinajstić information content (AvgIpc) is 3.29. The Bertz CT molecular complexity index is 1490. The average molecular weight is 490 g/mol. The van der Waals surface area contributed by atoms with Crippen LogP contribution in [0.25, 0.3) is 17.0 Å². The highest BCUT2D eigenvalue weighted by Gasteiger charge is 2.25. The molecule has 1 N–H and O–H groups in total. The van der Waals surface area contributed by atoms with E-state index in [1.165, 1.54) is 23.9 Å². The third kappa shape index (κ3) is 4.39. The first-order valence-corrected chi connectivity index (χ1v) is 12.0. The van der Waals surface area contributed by atoms with Gasteiger partial charge in [-0.1, -0.05) is 48.0 Å². The monoisotopic (exact) mass is 489 g/mol. The maximum absolute atomic E-state index is 13.4. The van der Waals surface area contributed by atoms with Gasteiger partial charge in [0, 0.05) is 33.7 Å². The van der Waals surface area contributed by atoms with Crippen molar-refractivity contribution in [3.63, 3.8) is 0 Å². The van der Waals surface area contributed by atoms with Crippen LogP contribution in [0.1, 0.15) is 22.4 Å². The number of nitrogens with one attached hydrogen (secondary N) is 1. The summed E-state index contributed by atoms with van der Waals surface area (Å²) in [6.07, 6.45) is 1.92. The van der Waals surface area contributed by atoms with Crippen molar-refractivity contribution in [2.24, 2.45) is 4.99 Å². The lowest BCUT2D eigenvalue weighted by Crippen LogP contribution is -2.19. The first-order valence-electron chi connectivity index (χ1n) is 10.8. The molecular formula is C27H21ClFN3OS. The number of thioether (sulfide) groups is 1. The number of carbonyl (C=O) groups excluding carboxylic acids is 1. The lowest BCUT2D eigenvalue weighted by molar-refractivity contribution is -0.115.